The van der Waals surface area contributed by atoms with Crippen LogP contribution >= 0.6 is 23.2 Å². The van der Waals surface area contributed by atoms with E-state index in [4.69, 9.17) is 28.9 Å². The summed E-state index contributed by atoms with van der Waals surface area (Å²) in [6.07, 6.45) is 0. The largest absolute Gasteiger partial charge is 0.387 e. The maximum absolute atomic E-state index is 10.9. The quantitative estimate of drug-likeness (QED) is 0.742. The van der Waals surface area contributed by atoms with E-state index in [1.165, 1.54) is 6.07 Å². The Hall–Kier alpha value is -1.00. The molecule has 0 saturated carbocycles. The Morgan fingerprint density at radius 2 is 2.23 bits per heavy atom. The minimum Gasteiger partial charge on any atom is -0.387 e. The second-order valence-electron chi connectivity index (χ2n) is 2.27. The van der Waals surface area contributed by atoms with Gasteiger partial charge in [-0.3, -0.25) is 4.79 Å². The van der Waals surface area contributed by atoms with Crippen LogP contribution in [0.5, 0.6) is 0 Å². The van der Waals surface area contributed by atoms with Crippen molar-refractivity contribution in [1.82, 2.24) is 4.98 Å². The van der Waals surface area contributed by atoms with Crippen molar-refractivity contribution in [2.24, 2.45) is 5.73 Å². The Morgan fingerprint density at radius 3 is 2.69 bits per heavy atom. The number of rotatable bonds is 2. The Kier molecular flexibility index (Phi) is 2.95. The first kappa shape index (κ1) is 10.1. The number of hydrogen-bond donors (Lipinski definition) is 2. The molecule has 0 aromatic carbocycles. The molecule has 70 valence electrons. The number of primary amides is 1. The number of nitrogens with two attached hydrogens (primary N) is 1. The molecule has 1 rings (SSSR count). The molecule has 1 heterocycles. The van der Waals surface area contributed by atoms with Gasteiger partial charge in [0.15, 0.2) is 0 Å². The molecule has 1 aromatic heterocycles. The summed E-state index contributed by atoms with van der Waals surface area (Å²) in [7, 11) is 1.63. The first-order chi connectivity index (χ1) is 6.06. The van der Waals surface area contributed by atoms with Crippen LogP contribution in [0, 0.1) is 0 Å². The van der Waals surface area contributed by atoms with E-state index in [9.17, 15) is 4.79 Å². The van der Waals surface area contributed by atoms with Gasteiger partial charge >= 0.3 is 0 Å². The number of carbonyl (C=O) groups is 1. The third-order valence-corrected chi connectivity index (χ3v) is 1.93. The summed E-state index contributed by atoms with van der Waals surface area (Å²) in [6.45, 7) is 0. The fourth-order valence-electron chi connectivity index (χ4n) is 0.916. The molecule has 0 aliphatic carbocycles. The molecule has 0 aliphatic heterocycles. The number of anilines is 1. The fraction of sp³-hybridized carbons (Fsp3) is 0.143. The van der Waals surface area contributed by atoms with E-state index in [1.807, 2.05) is 0 Å². The molecule has 6 heteroatoms. The Bertz CT molecular complexity index is 354. The Labute approximate surface area is 85.0 Å². The van der Waals surface area contributed by atoms with Crippen molar-refractivity contribution in [2.45, 2.75) is 0 Å². The molecular weight excluding hydrogens is 213 g/mol. The Balaban J connectivity index is 3.38. The van der Waals surface area contributed by atoms with E-state index in [-0.39, 0.29) is 15.9 Å². The number of aromatic nitrogens is 1. The molecule has 0 atom stereocenters. The number of nitrogens with one attached hydrogen (secondary N) is 1. The van der Waals surface area contributed by atoms with Gasteiger partial charge < -0.3 is 11.1 Å². The summed E-state index contributed by atoms with van der Waals surface area (Å²) in [4.78, 5) is 14.6. The fourth-order valence-corrected chi connectivity index (χ4v) is 1.44. The molecule has 0 aliphatic rings. The first-order valence-electron chi connectivity index (χ1n) is 3.40. The smallest absolute Gasteiger partial charge is 0.253 e. The first-order valence-corrected chi connectivity index (χ1v) is 4.15. The number of carbonyl (C=O) groups excluding carboxylic acids is 1. The van der Waals surface area contributed by atoms with Crippen molar-refractivity contribution in [3.8, 4) is 0 Å². The molecule has 0 unspecified atom stereocenters. The minimum absolute atomic E-state index is 0.00403. The van der Waals surface area contributed by atoms with Crippen LogP contribution in [0.1, 0.15) is 10.4 Å². The summed E-state index contributed by atoms with van der Waals surface area (Å²) in [6, 6.07) is 1.48. The summed E-state index contributed by atoms with van der Waals surface area (Å²) >= 11 is 11.3. The van der Waals surface area contributed by atoms with Crippen LogP contribution < -0.4 is 11.1 Å². The van der Waals surface area contributed by atoms with Gasteiger partial charge in [-0.25, -0.2) is 4.98 Å². The number of nitrogens with zero attached hydrogens (tertiary/aromatic N) is 1. The van der Waals surface area contributed by atoms with Crippen molar-refractivity contribution in [3.63, 3.8) is 0 Å². The van der Waals surface area contributed by atoms with Crippen LogP contribution in [0.4, 0.5) is 5.69 Å². The van der Waals surface area contributed by atoms with E-state index < -0.39 is 5.91 Å². The zero-order valence-corrected chi connectivity index (χ0v) is 8.28. The lowest BCUT2D eigenvalue weighted by Crippen LogP contribution is -2.14. The summed E-state index contributed by atoms with van der Waals surface area (Å²) < 4.78 is 0. The number of amides is 1. The van der Waals surface area contributed by atoms with Crippen LogP contribution in [0.2, 0.25) is 10.3 Å². The van der Waals surface area contributed by atoms with E-state index in [0.717, 1.165) is 0 Å². The van der Waals surface area contributed by atoms with Crippen LogP contribution in [0.3, 0.4) is 0 Å². The SMILES string of the molecule is CNc1cc(Cl)nc(Cl)c1C(N)=O. The van der Waals surface area contributed by atoms with E-state index in [1.54, 1.807) is 7.05 Å². The van der Waals surface area contributed by atoms with E-state index in [2.05, 4.69) is 10.3 Å². The van der Waals surface area contributed by atoms with Crippen molar-refractivity contribution < 1.29 is 4.79 Å². The van der Waals surface area contributed by atoms with Crippen molar-refractivity contribution in [3.05, 3.63) is 21.9 Å². The van der Waals surface area contributed by atoms with E-state index in [0.29, 0.717) is 5.69 Å². The molecular formula is C7H7Cl2N3O. The van der Waals surface area contributed by atoms with Gasteiger partial charge in [0.2, 0.25) is 0 Å². The number of hydrogen-bond acceptors (Lipinski definition) is 3. The molecule has 0 spiro atoms. The van der Waals surface area contributed by atoms with Gasteiger partial charge in [-0.1, -0.05) is 23.2 Å². The average Bonchev–Trinajstić information content (AvgIpc) is 2.01. The van der Waals surface area contributed by atoms with Crippen molar-refractivity contribution >= 4 is 34.8 Å². The zero-order chi connectivity index (χ0) is 10.0. The number of halogens is 2. The zero-order valence-electron chi connectivity index (χ0n) is 6.77. The Morgan fingerprint density at radius 1 is 1.62 bits per heavy atom. The molecule has 1 aromatic rings. The van der Waals surface area contributed by atoms with Gasteiger partial charge in [-0.15, -0.1) is 0 Å². The molecule has 0 fully saturated rings. The van der Waals surface area contributed by atoms with Gasteiger partial charge in [-0.05, 0) is 6.07 Å². The monoisotopic (exact) mass is 219 g/mol. The van der Waals surface area contributed by atoms with Gasteiger partial charge in [-0.2, -0.15) is 0 Å². The lowest BCUT2D eigenvalue weighted by Gasteiger charge is -2.07. The van der Waals surface area contributed by atoms with Crippen LogP contribution in [-0.2, 0) is 0 Å². The normalized spacial score (nSPS) is 9.77. The molecule has 1 amide bonds. The third-order valence-electron chi connectivity index (χ3n) is 1.46. The highest BCUT2D eigenvalue weighted by molar-refractivity contribution is 6.35. The van der Waals surface area contributed by atoms with Crippen molar-refractivity contribution in [2.75, 3.05) is 12.4 Å². The standard InChI is InChI=1S/C7H7Cl2N3O/c1-11-3-2-4(8)12-6(9)5(3)7(10)13/h2H,1H3,(H2,10,13)(H,11,12). The van der Waals surface area contributed by atoms with Gasteiger partial charge in [0, 0.05) is 7.05 Å². The molecule has 0 bridgehead atoms. The highest BCUT2D eigenvalue weighted by Crippen LogP contribution is 2.25. The topological polar surface area (TPSA) is 68.0 Å². The second-order valence-corrected chi connectivity index (χ2v) is 3.02. The predicted molar refractivity (Wildman–Crippen MR) is 52.3 cm³/mol. The van der Waals surface area contributed by atoms with Crippen molar-refractivity contribution in [1.29, 1.82) is 0 Å². The molecule has 13 heavy (non-hydrogen) atoms. The second kappa shape index (κ2) is 3.81. The van der Waals surface area contributed by atoms with Crippen LogP contribution in [0.15, 0.2) is 6.07 Å². The summed E-state index contributed by atoms with van der Waals surface area (Å²) in [5.74, 6) is -0.640. The highest BCUT2D eigenvalue weighted by Gasteiger charge is 2.14. The highest BCUT2D eigenvalue weighted by atomic mass is 35.5. The lowest BCUT2D eigenvalue weighted by atomic mass is 10.2. The molecule has 0 saturated heterocycles. The van der Waals surface area contributed by atoms with Gasteiger partial charge in [0.1, 0.15) is 10.3 Å². The molecule has 0 radical (unpaired) electrons. The maximum atomic E-state index is 10.9. The molecule has 3 N–H and O–H groups in total. The number of pyridine rings is 1. The van der Waals surface area contributed by atoms with Gasteiger partial charge in [0.05, 0.1) is 11.3 Å². The minimum atomic E-state index is -0.640. The van der Waals surface area contributed by atoms with Crippen LogP contribution in [0.25, 0.3) is 0 Å². The van der Waals surface area contributed by atoms with Crippen LogP contribution in [-0.4, -0.2) is 17.9 Å². The summed E-state index contributed by atoms with van der Waals surface area (Å²) in [5.41, 5.74) is 5.71. The molecule has 4 nitrogen and oxygen atoms in total. The third kappa shape index (κ3) is 2.02. The average molecular weight is 220 g/mol. The lowest BCUT2D eigenvalue weighted by molar-refractivity contribution is 0.100. The maximum Gasteiger partial charge on any atom is 0.253 e. The predicted octanol–water partition coefficient (Wildman–Crippen LogP) is 1.53. The van der Waals surface area contributed by atoms with Gasteiger partial charge in [0.25, 0.3) is 5.91 Å². The van der Waals surface area contributed by atoms with E-state index >= 15 is 0 Å². The summed E-state index contributed by atoms with van der Waals surface area (Å²) in [5, 5.41) is 2.96.